The Kier molecular flexibility index (Phi) is 9.87. The molecule has 4 aliphatic carbocycles. The van der Waals surface area contributed by atoms with Crippen molar-refractivity contribution >= 4 is 39.4 Å². The van der Waals surface area contributed by atoms with Gasteiger partial charge in [0.25, 0.3) is 0 Å². The summed E-state index contributed by atoms with van der Waals surface area (Å²) in [5.41, 5.74) is 24.7. The maximum absolute atomic E-state index is 2.55. The Morgan fingerprint density at radius 2 is 1.28 bits per heavy atom. The maximum Gasteiger partial charge on any atom is 0.0538 e. The first kappa shape index (κ1) is 42.6. The molecule has 4 aliphatic rings. The summed E-state index contributed by atoms with van der Waals surface area (Å²) in [7, 11) is 0. The van der Waals surface area contributed by atoms with Crippen LogP contribution in [0.25, 0.3) is 78.5 Å². The smallest absolute Gasteiger partial charge is 0.0538 e. The molecule has 1 heterocycles. The molecule has 9 aromatic carbocycles. The summed E-state index contributed by atoms with van der Waals surface area (Å²) < 4.78 is 2.49. The fraction of sp³-hybridized carbons (Fsp3) is 0.127. The zero-order chi connectivity index (χ0) is 48.0. The number of aromatic nitrogens is 1. The fourth-order valence-corrected chi connectivity index (χ4v) is 13.5. The van der Waals surface area contributed by atoms with Crippen LogP contribution in [0.4, 0.5) is 0 Å². The fourth-order valence-electron chi connectivity index (χ4n) is 13.5. The van der Waals surface area contributed by atoms with Gasteiger partial charge in [0.15, 0.2) is 0 Å². The molecule has 0 fully saturated rings. The number of hydrogen-bond donors (Lipinski definition) is 0. The van der Waals surface area contributed by atoms with Crippen LogP contribution in [0.15, 0.2) is 231 Å². The van der Waals surface area contributed by atoms with Gasteiger partial charge in [0.2, 0.25) is 0 Å². The van der Waals surface area contributed by atoms with Gasteiger partial charge in [-0.3, -0.25) is 0 Å². The second-order valence-electron chi connectivity index (χ2n) is 21.0. The molecule has 72 heavy (non-hydrogen) atoms. The second kappa shape index (κ2) is 16.7. The van der Waals surface area contributed by atoms with Crippen LogP contribution < -0.4 is 0 Å². The van der Waals surface area contributed by atoms with Crippen LogP contribution in [0.2, 0.25) is 0 Å². The molecule has 10 aromatic rings. The monoisotopic (exact) mass is 921 g/mol. The molecule has 1 heteroatoms. The van der Waals surface area contributed by atoms with Gasteiger partial charge in [-0.1, -0.05) is 220 Å². The molecule has 2 atom stereocenters. The third-order valence-corrected chi connectivity index (χ3v) is 16.8. The zero-order valence-electron chi connectivity index (χ0n) is 40.9. The number of fused-ring (bicyclic) bond motifs is 10. The maximum atomic E-state index is 2.55. The van der Waals surface area contributed by atoms with E-state index >= 15 is 0 Å². The van der Waals surface area contributed by atoms with Gasteiger partial charge >= 0.3 is 0 Å². The van der Waals surface area contributed by atoms with Gasteiger partial charge in [-0.25, -0.2) is 0 Å². The molecule has 0 saturated carbocycles. The van der Waals surface area contributed by atoms with Crippen molar-refractivity contribution in [1.82, 2.24) is 4.57 Å². The minimum absolute atomic E-state index is 0.0679. The highest BCUT2D eigenvalue weighted by atomic mass is 15.0. The lowest BCUT2D eigenvalue weighted by atomic mass is 9.62. The summed E-state index contributed by atoms with van der Waals surface area (Å²) in [4.78, 5) is 0. The number of benzene rings is 9. The Labute approximate surface area is 423 Å². The number of nitrogens with zero attached hydrogens (tertiary/aromatic N) is 1. The first-order valence-corrected chi connectivity index (χ1v) is 25.9. The van der Waals surface area contributed by atoms with Gasteiger partial charge in [-0.2, -0.15) is 0 Å². The first-order chi connectivity index (χ1) is 35.4. The molecule has 0 bridgehead atoms. The average molecular weight is 922 g/mol. The van der Waals surface area contributed by atoms with Crippen LogP contribution in [0.3, 0.4) is 0 Å². The summed E-state index contributed by atoms with van der Waals surface area (Å²) in [5.74, 6) is 0.204. The molecule has 344 valence electrons. The number of hydrogen-bond acceptors (Lipinski definition) is 0. The van der Waals surface area contributed by atoms with Gasteiger partial charge in [0, 0.05) is 27.7 Å². The van der Waals surface area contributed by atoms with Crippen LogP contribution in [0.5, 0.6) is 0 Å². The van der Waals surface area contributed by atoms with E-state index in [0.717, 1.165) is 25.7 Å². The van der Waals surface area contributed by atoms with E-state index < -0.39 is 5.41 Å². The largest absolute Gasteiger partial charge is 0.313 e. The van der Waals surface area contributed by atoms with E-state index in [-0.39, 0.29) is 11.3 Å². The highest BCUT2D eigenvalue weighted by Gasteiger charge is 2.49. The van der Waals surface area contributed by atoms with Crippen molar-refractivity contribution in [3.63, 3.8) is 0 Å². The lowest BCUT2D eigenvalue weighted by Gasteiger charge is -2.40. The summed E-state index contributed by atoms with van der Waals surface area (Å²) in [6.07, 6.45) is 20.4. The van der Waals surface area contributed by atoms with E-state index in [4.69, 9.17) is 0 Å². The molecule has 1 aromatic heterocycles. The van der Waals surface area contributed by atoms with E-state index in [0.29, 0.717) is 0 Å². The summed E-state index contributed by atoms with van der Waals surface area (Å²) in [6.45, 7) is 4.77. The normalized spacial score (nSPS) is 18.0. The minimum atomic E-state index is -0.435. The molecule has 1 nitrogen and oxygen atoms in total. The third-order valence-electron chi connectivity index (χ3n) is 16.8. The van der Waals surface area contributed by atoms with Crippen molar-refractivity contribution in [3.05, 3.63) is 286 Å². The van der Waals surface area contributed by atoms with Crippen molar-refractivity contribution in [3.8, 4) is 39.1 Å². The first-order valence-electron chi connectivity index (χ1n) is 25.9. The van der Waals surface area contributed by atoms with Crippen molar-refractivity contribution in [1.29, 1.82) is 0 Å². The highest BCUT2D eigenvalue weighted by Crippen LogP contribution is 2.59. The third kappa shape index (κ3) is 6.53. The average Bonchev–Trinajstić information content (AvgIpc) is 4.01. The van der Waals surface area contributed by atoms with Gasteiger partial charge in [0.05, 0.1) is 10.9 Å². The number of rotatable bonds is 8. The Bertz CT molecular complexity index is 3940. The SMILES string of the molecule is CC1(C)c2ccccc2-c2ccc(C/C(=C/c3ccc4c(c3)C(c3ccccc3)(C3C=CC=CC3)c3cc(-c5ccc6c(c5)c5c(n6-c6ccccc6)CCC=C5)ccc3-4)c3cccc4ccccc34)cc21. The molecule has 0 aliphatic heterocycles. The van der Waals surface area contributed by atoms with Crippen molar-refractivity contribution < 1.29 is 0 Å². The molecule has 0 radical (unpaired) electrons. The molecule has 14 rings (SSSR count). The molecule has 2 unspecified atom stereocenters. The minimum Gasteiger partial charge on any atom is -0.313 e. The van der Waals surface area contributed by atoms with E-state index in [9.17, 15) is 0 Å². The predicted octanol–water partition coefficient (Wildman–Crippen LogP) is 17.9. The lowest BCUT2D eigenvalue weighted by Crippen LogP contribution is -2.35. The van der Waals surface area contributed by atoms with E-state index in [1.54, 1.807) is 0 Å². The van der Waals surface area contributed by atoms with E-state index in [1.807, 2.05) is 0 Å². The Morgan fingerprint density at radius 3 is 2.14 bits per heavy atom. The van der Waals surface area contributed by atoms with Crippen molar-refractivity contribution in [2.45, 2.75) is 50.4 Å². The van der Waals surface area contributed by atoms with Crippen LogP contribution in [0.1, 0.15) is 82.5 Å². The Balaban J connectivity index is 0.942. The topological polar surface area (TPSA) is 4.93 Å². The summed E-state index contributed by atoms with van der Waals surface area (Å²) in [6, 6.07) is 76.1. The van der Waals surface area contributed by atoms with Crippen LogP contribution >= 0.6 is 0 Å². The van der Waals surface area contributed by atoms with Gasteiger partial charge in [-0.05, 0) is 162 Å². The molecular formula is C71H55N. The van der Waals surface area contributed by atoms with Gasteiger partial charge in [0.1, 0.15) is 0 Å². The molecular weight excluding hydrogens is 867 g/mol. The van der Waals surface area contributed by atoms with Crippen LogP contribution in [0, 0.1) is 5.92 Å². The van der Waals surface area contributed by atoms with Crippen molar-refractivity contribution in [2.24, 2.45) is 5.92 Å². The summed E-state index contributed by atoms with van der Waals surface area (Å²) in [5, 5.41) is 3.86. The number of allylic oxidation sites excluding steroid dienone is 6. The number of para-hydroxylation sites is 1. The highest BCUT2D eigenvalue weighted by molar-refractivity contribution is 6.00. The molecule has 0 saturated heterocycles. The van der Waals surface area contributed by atoms with E-state index in [1.165, 1.54) is 122 Å². The summed E-state index contributed by atoms with van der Waals surface area (Å²) >= 11 is 0. The molecule has 0 N–H and O–H groups in total. The zero-order valence-corrected chi connectivity index (χ0v) is 40.9. The predicted molar refractivity (Wildman–Crippen MR) is 304 cm³/mol. The lowest BCUT2D eigenvalue weighted by molar-refractivity contribution is 0.457. The van der Waals surface area contributed by atoms with Gasteiger partial charge in [-0.15, -0.1) is 0 Å². The van der Waals surface area contributed by atoms with Crippen LogP contribution in [-0.2, 0) is 23.7 Å². The quantitative estimate of drug-likeness (QED) is 0.134. The standard InChI is InChI=1S/C71H55N/c1-70(2)64-31-16-14-28-58(64)59-37-33-47(43-65(59)70)41-52(57-30-18-20-49-19-12-13-27-56(49)57)42-48-34-38-60-61-39-35-51(46-67(61)71(66(60)44-48,53-21-6-3-7-22-53)54-23-8-4-9-24-54)50-36-40-69-63(45-50)62-29-15-17-32-68(62)72(69)55-25-10-5-11-26-55/h3-16,18-23,25-31,33-40,42-46,54H,17,24,32,41H2,1-2H3/b52-42-. The van der Waals surface area contributed by atoms with Crippen molar-refractivity contribution in [2.75, 3.05) is 0 Å². The Hall–Kier alpha value is -8.26. The molecule has 0 amide bonds. The van der Waals surface area contributed by atoms with Gasteiger partial charge < -0.3 is 4.57 Å². The van der Waals surface area contributed by atoms with Crippen LogP contribution in [-0.4, -0.2) is 4.57 Å². The van der Waals surface area contributed by atoms with E-state index in [2.05, 4.69) is 261 Å². The Morgan fingerprint density at radius 1 is 0.569 bits per heavy atom. The second-order valence-corrected chi connectivity index (χ2v) is 21.0. The molecule has 0 spiro atoms.